The molecule has 1 heterocycles. The lowest BCUT2D eigenvalue weighted by atomic mass is 10.2. The number of rotatable bonds is 7. The molecule has 1 aliphatic heterocycles. The molecule has 1 aromatic rings. The number of piperazine rings is 1. The van der Waals surface area contributed by atoms with Gasteiger partial charge in [-0.05, 0) is 25.6 Å². The second kappa shape index (κ2) is 9.63. The summed E-state index contributed by atoms with van der Waals surface area (Å²) in [6.07, 6.45) is 0.907. The maximum atomic E-state index is 12.4. The molecule has 0 aromatic heterocycles. The molecule has 1 aliphatic rings. The molecule has 0 radical (unpaired) electrons. The molecule has 1 fully saturated rings. The van der Waals surface area contributed by atoms with E-state index in [-0.39, 0.29) is 24.9 Å². The minimum absolute atomic E-state index is 0.0410. The zero-order valence-corrected chi connectivity index (χ0v) is 15.8. The van der Waals surface area contributed by atoms with E-state index in [9.17, 15) is 9.59 Å². The Morgan fingerprint density at radius 1 is 1.16 bits per heavy atom. The van der Waals surface area contributed by atoms with Gasteiger partial charge in [-0.15, -0.1) is 0 Å². The zero-order chi connectivity index (χ0) is 18.2. The highest BCUT2D eigenvalue weighted by Crippen LogP contribution is 2.25. The number of hydrogen-bond acceptors (Lipinski definition) is 4. The number of benzene rings is 1. The van der Waals surface area contributed by atoms with E-state index < -0.39 is 0 Å². The van der Waals surface area contributed by atoms with Crippen LogP contribution in [0.4, 0.5) is 5.69 Å². The third-order valence-electron chi connectivity index (χ3n) is 4.22. The molecule has 0 aliphatic carbocycles. The fourth-order valence-electron chi connectivity index (χ4n) is 2.86. The first-order valence-corrected chi connectivity index (χ1v) is 9.11. The van der Waals surface area contributed by atoms with Crippen LogP contribution >= 0.6 is 11.6 Å². The predicted octanol–water partition coefficient (Wildman–Crippen LogP) is 1.45. The average Bonchev–Trinajstić information content (AvgIpc) is 2.60. The van der Waals surface area contributed by atoms with Crippen LogP contribution in [0.3, 0.4) is 0 Å². The van der Waals surface area contributed by atoms with Gasteiger partial charge in [0.15, 0.2) is 0 Å². The third kappa shape index (κ3) is 5.90. The van der Waals surface area contributed by atoms with Crippen molar-refractivity contribution in [2.75, 3.05) is 57.8 Å². The summed E-state index contributed by atoms with van der Waals surface area (Å²) in [6.45, 7) is 6.03. The molecule has 0 atom stereocenters. The molecule has 6 nitrogen and oxygen atoms in total. The van der Waals surface area contributed by atoms with Crippen LogP contribution in [0.1, 0.15) is 13.3 Å². The number of carbonyl (C=O) groups excluding carboxylic acids is 2. The Morgan fingerprint density at radius 2 is 1.84 bits per heavy atom. The number of carbonyl (C=O) groups is 2. The molecular weight excluding hydrogens is 340 g/mol. The standard InChI is InChI=1S/C18H27ClN4O2/c1-3-8-20-17(24)13-21(2)14-18(25)23-11-9-22(10-12-23)16-7-5-4-6-15(16)19/h4-7H,3,8-14H2,1-2H3,(H,20,24). The molecule has 138 valence electrons. The van der Waals surface area contributed by atoms with Crippen LogP contribution in [-0.4, -0.2) is 74.5 Å². The van der Waals surface area contributed by atoms with E-state index >= 15 is 0 Å². The van der Waals surface area contributed by atoms with Crippen LogP contribution in [0, 0.1) is 0 Å². The highest BCUT2D eigenvalue weighted by molar-refractivity contribution is 6.33. The third-order valence-corrected chi connectivity index (χ3v) is 4.54. The Bertz CT molecular complexity index is 588. The van der Waals surface area contributed by atoms with E-state index in [0.29, 0.717) is 19.6 Å². The molecule has 0 bridgehead atoms. The van der Waals surface area contributed by atoms with Gasteiger partial charge in [0.2, 0.25) is 11.8 Å². The second-order valence-electron chi connectivity index (χ2n) is 6.34. The predicted molar refractivity (Wildman–Crippen MR) is 101 cm³/mol. The quantitative estimate of drug-likeness (QED) is 0.793. The molecule has 0 saturated carbocycles. The molecule has 25 heavy (non-hydrogen) atoms. The van der Waals surface area contributed by atoms with E-state index in [1.807, 2.05) is 36.1 Å². The number of likely N-dealkylation sites (N-methyl/N-ethyl adjacent to an activating group) is 1. The van der Waals surface area contributed by atoms with Gasteiger partial charge in [0.25, 0.3) is 0 Å². The summed E-state index contributed by atoms with van der Waals surface area (Å²) < 4.78 is 0. The van der Waals surface area contributed by atoms with Gasteiger partial charge >= 0.3 is 0 Å². The number of amides is 2. The summed E-state index contributed by atoms with van der Waals surface area (Å²) >= 11 is 6.24. The van der Waals surface area contributed by atoms with Gasteiger partial charge in [-0.3, -0.25) is 14.5 Å². The normalized spacial score (nSPS) is 14.7. The van der Waals surface area contributed by atoms with Gasteiger partial charge in [-0.25, -0.2) is 0 Å². The fraction of sp³-hybridized carbons (Fsp3) is 0.556. The maximum absolute atomic E-state index is 12.4. The Morgan fingerprint density at radius 3 is 2.48 bits per heavy atom. The number of hydrogen-bond donors (Lipinski definition) is 1. The van der Waals surface area contributed by atoms with Gasteiger partial charge < -0.3 is 15.1 Å². The van der Waals surface area contributed by atoms with Crippen molar-refractivity contribution in [3.05, 3.63) is 29.3 Å². The summed E-state index contributed by atoms with van der Waals surface area (Å²) in [7, 11) is 1.80. The topological polar surface area (TPSA) is 55.9 Å². The van der Waals surface area contributed by atoms with Crippen molar-refractivity contribution in [2.45, 2.75) is 13.3 Å². The van der Waals surface area contributed by atoms with Crippen molar-refractivity contribution >= 4 is 29.1 Å². The van der Waals surface area contributed by atoms with Crippen molar-refractivity contribution in [2.24, 2.45) is 0 Å². The lowest BCUT2D eigenvalue weighted by Crippen LogP contribution is -2.51. The average molecular weight is 367 g/mol. The minimum Gasteiger partial charge on any atom is -0.367 e. The molecule has 7 heteroatoms. The number of anilines is 1. The van der Waals surface area contributed by atoms with Crippen molar-refractivity contribution in [1.29, 1.82) is 0 Å². The molecule has 2 rings (SSSR count). The monoisotopic (exact) mass is 366 g/mol. The lowest BCUT2D eigenvalue weighted by Gasteiger charge is -2.37. The summed E-state index contributed by atoms with van der Waals surface area (Å²) in [6, 6.07) is 7.77. The van der Waals surface area contributed by atoms with Crippen molar-refractivity contribution in [1.82, 2.24) is 15.1 Å². The number of halogens is 1. The fourth-order valence-corrected chi connectivity index (χ4v) is 3.11. The number of para-hydroxylation sites is 1. The van der Waals surface area contributed by atoms with Crippen LogP contribution in [-0.2, 0) is 9.59 Å². The molecule has 0 unspecified atom stereocenters. The Labute approximate surface area is 154 Å². The zero-order valence-electron chi connectivity index (χ0n) is 15.0. The molecule has 2 amide bonds. The Kier molecular flexibility index (Phi) is 7.52. The second-order valence-corrected chi connectivity index (χ2v) is 6.75. The Balaban J connectivity index is 1.77. The van der Waals surface area contributed by atoms with Gasteiger partial charge in [-0.1, -0.05) is 30.7 Å². The lowest BCUT2D eigenvalue weighted by molar-refractivity contribution is -0.133. The van der Waals surface area contributed by atoms with Crippen molar-refractivity contribution in [3.63, 3.8) is 0 Å². The first-order chi connectivity index (χ1) is 12.0. The smallest absolute Gasteiger partial charge is 0.236 e. The minimum atomic E-state index is -0.0410. The molecule has 0 spiro atoms. The number of nitrogens with one attached hydrogen (secondary N) is 1. The summed E-state index contributed by atoms with van der Waals surface area (Å²) in [5.74, 6) is 0.0188. The van der Waals surface area contributed by atoms with Crippen molar-refractivity contribution < 1.29 is 9.59 Å². The van der Waals surface area contributed by atoms with E-state index in [2.05, 4.69) is 10.2 Å². The van der Waals surface area contributed by atoms with Gasteiger partial charge in [0, 0.05) is 32.7 Å². The van der Waals surface area contributed by atoms with Gasteiger partial charge in [-0.2, -0.15) is 0 Å². The maximum Gasteiger partial charge on any atom is 0.236 e. The van der Waals surface area contributed by atoms with Crippen LogP contribution in [0.15, 0.2) is 24.3 Å². The van der Waals surface area contributed by atoms with Gasteiger partial charge in [0.1, 0.15) is 0 Å². The summed E-state index contributed by atoms with van der Waals surface area (Å²) in [5.41, 5.74) is 1.01. The van der Waals surface area contributed by atoms with Crippen LogP contribution < -0.4 is 10.2 Å². The number of nitrogens with zero attached hydrogens (tertiary/aromatic N) is 3. The largest absolute Gasteiger partial charge is 0.367 e. The van der Waals surface area contributed by atoms with E-state index in [4.69, 9.17) is 11.6 Å². The molecular formula is C18H27ClN4O2. The first-order valence-electron chi connectivity index (χ1n) is 8.73. The van der Waals surface area contributed by atoms with E-state index in [0.717, 1.165) is 30.2 Å². The van der Waals surface area contributed by atoms with E-state index in [1.165, 1.54) is 0 Å². The van der Waals surface area contributed by atoms with Crippen LogP contribution in [0.5, 0.6) is 0 Å². The molecule has 1 saturated heterocycles. The summed E-state index contributed by atoms with van der Waals surface area (Å²) in [5, 5.41) is 3.56. The van der Waals surface area contributed by atoms with Crippen LogP contribution in [0.25, 0.3) is 0 Å². The van der Waals surface area contributed by atoms with Gasteiger partial charge in [0.05, 0.1) is 23.8 Å². The molecule has 1 N–H and O–H groups in total. The Hall–Kier alpha value is -1.79. The molecule has 1 aromatic carbocycles. The van der Waals surface area contributed by atoms with Crippen LogP contribution in [0.2, 0.25) is 5.02 Å². The van der Waals surface area contributed by atoms with Crippen molar-refractivity contribution in [3.8, 4) is 0 Å². The van der Waals surface area contributed by atoms with E-state index in [1.54, 1.807) is 11.9 Å². The first kappa shape index (κ1) is 19.5. The summed E-state index contributed by atoms with van der Waals surface area (Å²) in [4.78, 5) is 29.9. The SMILES string of the molecule is CCCNC(=O)CN(C)CC(=O)N1CCN(c2ccccc2Cl)CC1. The highest BCUT2D eigenvalue weighted by atomic mass is 35.5. The highest BCUT2D eigenvalue weighted by Gasteiger charge is 2.23.